The van der Waals surface area contributed by atoms with E-state index in [1.807, 2.05) is 0 Å². The Kier molecular flexibility index (Phi) is 6.27. The standard InChI is InChI=1S/C8H9BF3O2.K/c1-13-7-3-6(9(10,11)12)4-8(5-7)14-2;/h3-5H,1-2H3;/q-1;+1. The molecule has 0 atom stereocenters. The van der Waals surface area contributed by atoms with E-state index in [0.717, 1.165) is 12.1 Å². The van der Waals surface area contributed by atoms with E-state index in [9.17, 15) is 12.9 Å². The number of halogens is 3. The van der Waals surface area contributed by atoms with Gasteiger partial charge in [0.15, 0.2) is 0 Å². The molecule has 0 saturated carbocycles. The van der Waals surface area contributed by atoms with Crippen molar-refractivity contribution in [3.63, 3.8) is 0 Å². The fraction of sp³-hybridized carbons (Fsp3) is 0.250. The molecule has 15 heavy (non-hydrogen) atoms. The summed E-state index contributed by atoms with van der Waals surface area (Å²) in [6.45, 7) is -5.02. The van der Waals surface area contributed by atoms with E-state index in [2.05, 4.69) is 0 Å². The zero-order valence-corrected chi connectivity index (χ0v) is 11.9. The van der Waals surface area contributed by atoms with Crippen LogP contribution >= 0.6 is 0 Å². The first-order chi connectivity index (χ1) is 6.47. The van der Waals surface area contributed by atoms with Crippen molar-refractivity contribution in [2.75, 3.05) is 14.2 Å². The maximum Gasteiger partial charge on any atom is 1.00 e. The Morgan fingerprint density at radius 3 is 1.60 bits per heavy atom. The van der Waals surface area contributed by atoms with E-state index < -0.39 is 12.4 Å². The molecular weight excluding hydrogens is 235 g/mol. The van der Waals surface area contributed by atoms with Crippen LogP contribution in [0, 0.1) is 0 Å². The van der Waals surface area contributed by atoms with Crippen LogP contribution in [0.25, 0.3) is 0 Å². The minimum atomic E-state index is -5.02. The maximum absolute atomic E-state index is 12.4. The van der Waals surface area contributed by atoms with E-state index in [0.29, 0.717) is 0 Å². The van der Waals surface area contributed by atoms with Gasteiger partial charge in [0.05, 0.1) is 14.2 Å². The van der Waals surface area contributed by atoms with Gasteiger partial charge in [0, 0.05) is 6.07 Å². The zero-order valence-electron chi connectivity index (χ0n) is 8.76. The number of ether oxygens (including phenoxy) is 2. The first-order valence-corrected chi connectivity index (χ1v) is 3.90. The van der Waals surface area contributed by atoms with Crippen molar-refractivity contribution in [3.05, 3.63) is 18.2 Å². The molecule has 0 N–H and O–H groups in total. The number of rotatable bonds is 3. The summed E-state index contributed by atoms with van der Waals surface area (Å²) in [6, 6.07) is 3.29. The van der Waals surface area contributed by atoms with Crippen LogP contribution in [0.2, 0.25) is 0 Å². The number of benzene rings is 1. The first-order valence-electron chi connectivity index (χ1n) is 3.90. The van der Waals surface area contributed by atoms with Crippen molar-refractivity contribution >= 4 is 12.4 Å². The fourth-order valence-electron chi connectivity index (χ4n) is 1.02. The van der Waals surface area contributed by atoms with Crippen LogP contribution in [0.3, 0.4) is 0 Å². The number of methoxy groups -OCH3 is 2. The summed E-state index contributed by atoms with van der Waals surface area (Å²) in [5, 5.41) is 0. The van der Waals surface area contributed by atoms with Gasteiger partial charge in [0.1, 0.15) is 11.5 Å². The molecule has 0 spiro atoms. The first kappa shape index (κ1) is 15.3. The van der Waals surface area contributed by atoms with Crippen molar-refractivity contribution in [1.29, 1.82) is 0 Å². The summed E-state index contributed by atoms with van der Waals surface area (Å²) in [4.78, 5) is 0. The van der Waals surface area contributed by atoms with Crippen molar-refractivity contribution < 1.29 is 73.8 Å². The minimum Gasteiger partial charge on any atom is -0.497 e. The molecule has 1 aromatic rings. The van der Waals surface area contributed by atoms with Crippen molar-refractivity contribution in [2.24, 2.45) is 0 Å². The molecule has 0 radical (unpaired) electrons. The third kappa shape index (κ3) is 4.36. The Balaban J connectivity index is 0.00000196. The molecule has 2 nitrogen and oxygen atoms in total. The van der Waals surface area contributed by atoms with Crippen molar-refractivity contribution in [1.82, 2.24) is 0 Å². The van der Waals surface area contributed by atoms with Gasteiger partial charge in [-0.3, -0.25) is 0 Å². The Labute approximate surface area is 129 Å². The number of hydrogen-bond acceptors (Lipinski definition) is 2. The quantitative estimate of drug-likeness (QED) is 0.619. The van der Waals surface area contributed by atoms with Gasteiger partial charge in [-0.05, 0) is 12.1 Å². The van der Waals surface area contributed by atoms with Crippen LogP contribution in [0.1, 0.15) is 0 Å². The molecule has 0 amide bonds. The van der Waals surface area contributed by atoms with Gasteiger partial charge in [-0.15, -0.1) is 5.46 Å². The average molecular weight is 244 g/mol. The van der Waals surface area contributed by atoms with Crippen LogP contribution in [0.5, 0.6) is 11.5 Å². The Hall–Kier alpha value is 0.311. The van der Waals surface area contributed by atoms with Gasteiger partial charge in [-0.2, -0.15) is 0 Å². The number of hydrogen-bond donors (Lipinski definition) is 0. The maximum atomic E-state index is 12.4. The molecule has 78 valence electrons. The van der Waals surface area contributed by atoms with E-state index in [1.54, 1.807) is 0 Å². The van der Waals surface area contributed by atoms with Gasteiger partial charge in [0.2, 0.25) is 0 Å². The van der Waals surface area contributed by atoms with Gasteiger partial charge in [-0.25, -0.2) is 0 Å². The topological polar surface area (TPSA) is 18.5 Å². The molecule has 1 aromatic carbocycles. The monoisotopic (exact) mass is 244 g/mol. The molecule has 0 aliphatic heterocycles. The summed E-state index contributed by atoms with van der Waals surface area (Å²) >= 11 is 0. The summed E-state index contributed by atoms with van der Waals surface area (Å²) in [7, 11) is 2.61. The second-order valence-electron chi connectivity index (χ2n) is 2.72. The largest absolute Gasteiger partial charge is 1.00 e. The third-order valence-corrected chi connectivity index (χ3v) is 1.75. The molecule has 0 aromatic heterocycles. The van der Waals surface area contributed by atoms with E-state index in [4.69, 9.17) is 9.47 Å². The molecule has 0 aliphatic carbocycles. The van der Waals surface area contributed by atoms with E-state index in [-0.39, 0.29) is 62.9 Å². The predicted molar refractivity (Wildman–Crippen MR) is 48.3 cm³/mol. The summed E-state index contributed by atoms with van der Waals surface area (Å²) < 4.78 is 46.6. The summed E-state index contributed by atoms with van der Waals surface area (Å²) in [6.07, 6.45) is 0. The van der Waals surface area contributed by atoms with E-state index >= 15 is 0 Å². The second kappa shape index (κ2) is 6.15. The molecular formula is C8H9BF3KO2. The Morgan fingerprint density at radius 2 is 1.33 bits per heavy atom. The van der Waals surface area contributed by atoms with Crippen molar-refractivity contribution in [2.45, 2.75) is 0 Å². The van der Waals surface area contributed by atoms with Crippen LogP contribution in [-0.4, -0.2) is 21.2 Å². The Morgan fingerprint density at radius 1 is 0.933 bits per heavy atom. The molecule has 0 unspecified atom stereocenters. The van der Waals surface area contributed by atoms with Crippen LogP contribution in [0.4, 0.5) is 12.9 Å². The molecule has 0 heterocycles. The Bertz CT molecular complexity index is 308. The predicted octanol–water partition coefficient (Wildman–Crippen LogP) is -1.24. The van der Waals surface area contributed by atoms with Crippen molar-refractivity contribution in [3.8, 4) is 11.5 Å². The molecule has 0 saturated heterocycles. The summed E-state index contributed by atoms with van der Waals surface area (Å²) in [5.41, 5.74) is -0.721. The van der Waals surface area contributed by atoms with Crippen LogP contribution in [0.15, 0.2) is 18.2 Å². The zero-order chi connectivity index (χ0) is 10.8. The van der Waals surface area contributed by atoms with Gasteiger partial charge >= 0.3 is 58.4 Å². The normalized spacial score (nSPS) is 10.5. The van der Waals surface area contributed by atoms with Gasteiger partial charge < -0.3 is 22.4 Å². The fourth-order valence-corrected chi connectivity index (χ4v) is 1.02. The molecule has 0 aliphatic rings. The van der Waals surface area contributed by atoms with Gasteiger partial charge in [0.25, 0.3) is 0 Å². The van der Waals surface area contributed by atoms with Crippen LogP contribution < -0.4 is 66.3 Å². The molecule has 0 bridgehead atoms. The molecule has 7 heteroatoms. The van der Waals surface area contributed by atoms with Crippen LogP contribution in [-0.2, 0) is 0 Å². The summed E-state index contributed by atoms with van der Waals surface area (Å²) in [5.74, 6) is 0.275. The molecule has 1 rings (SSSR count). The van der Waals surface area contributed by atoms with E-state index in [1.165, 1.54) is 20.3 Å². The average Bonchev–Trinajstić information content (AvgIpc) is 2.15. The third-order valence-electron chi connectivity index (χ3n) is 1.75. The molecule has 0 fully saturated rings. The second-order valence-corrected chi connectivity index (χ2v) is 2.72. The smallest absolute Gasteiger partial charge is 0.497 e. The van der Waals surface area contributed by atoms with Gasteiger partial charge in [-0.1, -0.05) is 0 Å². The SMILES string of the molecule is COc1cc(OC)cc([B-](F)(F)F)c1.[K+]. The minimum absolute atomic E-state index is 0.